The van der Waals surface area contributed by atoms with E-state index in [1.54, 1.807) is 23.9 Å². The molecule has 17 heavy (non-hydrogen) atoms. The fraction of sp³-hybridized carbons (Fsp3) is 0.111. The highest BCUT2D eigenvalue weighted by molar-refractivity contribution is 7.80. The van der Waals surface area contributed by atoms with Crippen molar-refractivity contribution in [2.24, 2.45) is 7.05 Å². The molecule has 0 aliphatic rings. The first-order valence-electron chi connectivity index (χ1n) is 4.65. The van der Waals surface area contributed by atoms with Gasteiger partial charge < -0.3 is 9.79 Å². The maximum atomic E-state index is 11.0. The van der Waals surface area contributed by atoms with Crippen molar-refractivity contribution in [1.29, 1.82) is 0 Å². The monoisotopic (exact) mass is 271 g/mol. The lowest BCUT2D eigenvalue weighted by Crippen LogP contribution is -2.03. The maximum absolute atomic E-state index is 11.0. The molecule has 1 heterocycles. The third-order valence-corrected chi connectivity index (χ3v) is 3.56. The number of nitrogens with zero attached hydrogens (tertiary/aromatic N) is 3. The number of hydrogen-bond donors (Lipinski definition) is 3. The molecule has 1 aromatic carbocycles. The van der Waals surface area contributed by atoms with Gasteiger partial charge in [0, 0.05) is 12.6 Å². The van der Waals surface area contributed by atoms with Crippen LogP contribution in [0.3, 0.4) is 0 Å². The largest absolute Gasteiger partial charge is 0.356 e. The van der Waals surface area contributed by atoms with Crippen molar-refractivity contribution in [3.05, 3.63) is 24.3 Å². The van der Waals surface area contributed by atoms with Crippen molar-refractivity contribution in [1.82, 2.24) is 15.0 Å². The summed E-state index contributed by atoms with van der Waals surface area (Å²) in [5.74, 6) is 0. The van der Waals surface area contributed by atoms with Gasteiger partial charge in [0.1, 0.15) is 10.7 Å². The summed E-state index contributed by atoms with van der Waals surface area (Å²) in [6, 6.07) is 5.98. The number of hydrogen-bond acceptors (Lipinski definition) is 4. The van der Waals surface area contributed by atoms with Crippen LogP contribution >= 0.6 is 20.2 Å². The zero-order valence-electron chi connectivity index (χ0n) is 8.85. The Hall–Kier alpha value is -1.14. The SMILES string of the molecule is Cn1nnc(S)c1-c1ccc(P(=O)(O)O)cc1. The average Bonchev–Trinajstić information content (AvgIpc) is 2.58. The minimum atomic E-state index is -4.20. The van der Waals surface area contributed by atoms with Crippen LogP contribution in [0.4, 0.5) is 0 Å². The van der Waals surface area contributed by atoms with Crippen LogP contribution in [-0.4, -0.2) is 24.8 Å². The molecule has 0 bridgehead atoms. The Morgan fingerprint density at radius 2 is 1.88 bits per heavy atom. The van der Waals surface area contributed by atoms with E-state index in [0.717, 1.165) is 5.56 Å². The van der Waals surface area contributed by atoms with E-state index in [1.165, 1.54) is 12.1 Å². The normalized spacial score (nSPS) is 11.8. The van der Waals surface area contributed by atoms with Crippen molar-refractivity contribution in [3.63, 3.8) is 0 Å². The van der Waals surface area contributed by atoms with Gasteiger partial charge in [-0.05, 0) is 12.1 Å². The zero-order chi connectivity index (χ0) is 12.6. The number of rotatable bonds is 2. The molecule has 1 aromatic heterocycles. The zero-order valence-corrected chi connectivity index (χ0v) is 10.6. The van der Waals surface area contributed by atoms with Crippen molar-refractivity contribution in [2.75, 3.05) is 0 Å². The second-order valence-electron chi connectivity index (χ2n) is 3.48. The third kappa shape index (κ3) is 2.42. The fourth-order valence-electron chi connectivity index (χ4n) is 1.48. The second kappa shape index (κ2) is 4.27. The molecule has 0 unspecified atom stereocenters. The van der Waals surface area contributed by atoms with Gasteiger partial charge in [0.05, 0.1) is 5.30 Å². The molecule has 0 spiro atoms. The molecule has 90 valence electrons. The van der Waals surface area contributed by atoms with Crippen LogP contribution in [0.1, 0.15) is 0 Å². The average molecular weight is 271 g/mol. The molecule has 0 amide bonds. The van der Waals surface area contributed by atoms with Gasteiger partial charge in [-0.1, -0.05) is 17.3 Å². The van der Waals surface area contributed by atoms with Crippen LogP contribution in [0.5, 0.6) is 0 Å². The van der Waals surface area contributed by atoms with Crippen molar-refractivity contribution in [2.45, 2.75) is 5.03 Å². The van der Waals surface area contributed by atoms with E-state index in [2.05, 4.69) is 22.9 Å². The highest BCUT2D eigenvalue weighted by Crippen LogP contribution is 2.34. The van der Waals surface area contributed by atoms with Crippen LogP contribution in [0.25, 0.3) is 11.3 Å². The first kappa shape index (κ1) is 12.3. The summed E-state index contributed by atoms with van der Waals surface area (Å²) in [7, 11) is -2.47. The number of aryl methyl sites for hydroxylation is 1. The van der Waals surface area contributed by atoms with E-state index in [1.807, 2.05) is 0 Å². The highest BCUT2D eigenvalue weighted by Gasteiger charge is 2.17. The molecule has 0 aliphatic carbocycles. The summed E-state index contributed by atoms with van der Waals surface area (Å²) in [5, 5.41) is 8.04. The highest BCUT2D eigenvalue weighted by atomic mass is 32.1. The second-order valence-corrected chi connectivity index (χ2v) is 5.50. The Bertz CT molecular complexity index is 571. The molecule has 0 fully saturated rings. The molecule has 8 heteroatoms. The quantitative estimate of drug-likeness (QED) is 0.549. The number of benzene rings is 1. The van der Waals surface area contributed by atoms with E-state index in [4.69, 9.17) is 9.79 Å². The lowest BCUT2D eigenvalue weighted by molar-refractivity contribution is 0.387. The van der Waals surface area contributed by atoms with Crippen molar-refractivity contribution < 1.29 is 14.4 Å². The van der Waals surface area contributed by atoms with Gasteiger partial charge in [-0.2, -0.15) is 0 Å². The maximum Gasteiger partial charge on any atom is 0.356 e. The van der Waals surface area contributed by atoms with Gasteiger partial charge in [-0.15, -0.1) is 17.7 Å². The molecule has 0 radical (unpaired) electrons. The summed E-state index contributed by atoms with van der Waals surface area (Å²) in [6.07, 6.45) is 0. The van der Waals surface area contributed by atoms with Crippen LogP contribution in [-0.2, 0) is 11.6 Å². The topological polar surface area (TPSA) is 88.2 Å². The molecule has 0 atom stereocenters. The molecule has 0 saturated heterocycles. The van der Waals surface area contributed by atoms with E-state index in [0.29, 0.717) is 10.7 Å². The first-order valence-corrected chi connectivity index (χ1v) is 6.71. The minimum Gasteiger partial charge on any atom is -0.321 e. The lowest BCUT2D eigenvalue weighted by Gasteiger charge is -2.06. The number of aromatic nitrogens is 3. The van der Waals surface area contributed by atoms with Gasteiger partial charge in [0.25, 0.3) is 0 Å². The molecule has 2 aromatic rings. The molecular formula is C9H10N3O3PS. The standard InChI is InChI=1S/C9H10N3O3PS/c1-12-8(9(17)10-11-12)6-2-4-7(5-3-6)16(13,14)15/h2-5,17H,1H3,(H2,13,14,15). The summed E-state index contributed by atoms with van der Waals surface area (Å²) in [6.45, 7) is 0. The third-order valence-electron chi connectivity index (χ3n) is 2.29. The Morgan fingerprint density at radius 3 is 2.29 bits per heavy atom. The van der Waals surface area contributed by atoms with Gasteiger partial charge in [0.2, 0.25) is 0 Å². The molecule has 6 nitrogen and oxygen atoms in total. The van der Waals surface area contributed by atoms with Crippen LogP contribution in [0.2, 0.25) is 0 Å². The predicted molar refractivity (Wildman–Crippen MR) is 65.4 cm³/mol. The Labute approximate surface area is 103 Å². The van der Waals surface area contributed by atoms with Crippen LogP contribution in [0.15, 0.2) is 29.3 Å². The molecular weight excluding hydrogens is 261 g/mol. The van der Waals surface area contributed by atoms with Crippen LogP contribution < -0.4 is 5.30 Å². The molecule has 2 rings (SSSR count). The summed E-state index contributed by atoms with van der Waals surface area (Å²) in [5.41, 5.74) is 1.45. The summed E-state index contributed by atoms with van der Waals surface area (Å²) in [4.78, 5) is 18.0. The van der Waals surface area contributed by atoms with E-state index >= 15 is 0 Å². The summed E-state index contributed by atoms with van der Waals surface area (Å²) >= 11 is 4.16. The lowest BCUT2D eigenvalue weighted by atomic mass is 10.2. The van der Waals surface area contributed by atoms with Gasteiger partial charge in [0.15, 0.2) is 0 Å². The molecule has 0 aliphatic heterocycles. The fourth-order valence-corrected chi connectivity index (χ4v) is 2.33. The van der Waals surface area contributed by atoms with Crippen molar-refractivity contribution in [3.8, 4) is 11.3 Å². The predicted octanol–water partition coefficient (Wildman–Crippen LogP) is 0.574. The Kier molecular flexibility index (Phi) is 3.09. The van der Waals surface area contributed by atoms with Gasteiger partial charge >= 0.3 is 7.60 Å². The van der Waals surface area contributed by atoms with E-state index in [9.17, 15) is 4.57 Å². The summed E-state index contributed by atoms with van der Waals surface area (Å²) < 4.78 is 12.6. The van der Waals surface area contributed by atoms with E-state index < -0.39 is 7.60 Å². The van der Waals surface area contributed by atoms with Crippen LogP contribution in [0, 0.1) is 0 Å². The smallest absolute Gasteiger partial charge is 0.321 e. The Balaban J connectivity index is 2.47. The van der Waals surface area contributed by atoms with Crippen molar-refractivity contribution >= 4 is 25.5 Å². The number of thiol groups is 1. The van der Waals surface area contributed by atoms with E-state index in [-0.39, 0.29) is 5.30 Å². The van der Waals surface area contributed by atoms with Gasteiger partial charge in [-0.3, -0.25) is 4.57 Å². The first-order chi connectivity index (χ1) is 7.89. The van der Waals surface area contributed by atoms with Gasteiger partial charge in [-0.25, -0.2) is 4.68 Å². The molecule has 2 N–H and O–H groups in total. The minimum absolute atomic E-state index is 0.0166. The Morgan fingerprint density at radius 1 is 1.29 bits per heavy atom. The molecule has 0 saturated carbocycles.